The summed E-state index contributed by atoms with van der Waals surface area (Å²) in [6.07, 6.45) is 2.01. The van der Waals surface area contributed by atoms with Crippen LogP contribution in [-0.2, 0) is 20.9 Å². The number of ether oxygens (including phenoxy) is 2. The molecule has 6 nitrogen and oxygen atoms in total. The summed E-state index contributed by atoms with van der Waals surface area (Å²) in [4.78, 5) is 25.3. The second-order valence-corrected chi connectivity index (χ2v) is 5.66. The van der Waals surface area contributed by atoms with Gasteiger partial charge in [0, 0.05) is 26.6 Å². The lowest BCUT2D eigenvalue weighted by Crippen LogP contribution is -2.43. The number of benzene rings is 1. The average molecular weight is 320 g/mol. The van der Waals surface area contributed by atoms with Gasteiger partial charge in [0.25, 0.3) is 0 Å². The fraction of sp³-hybridized carbons (Fsp3) is 0.529. The van der Waals surface area contributed by atoms with E-state index in [1.807, 2.05) is 24.3 Å². The normalized spacial score (nSPS) is 16.9. The molecule has 2 rings (SSSR count). The first-order valence-electron chi connectivity index (χ1n) is 7.85. The first kappa shape index (κ1) is 17.3. The zero-order chi connectivity index (χ0) is 16.7. The van der Waals surface area contributed by atoms with E-state index in [0.29, 0.717) is 13.1 Å². The summed E-state index contributed by atoms with van der Waals surface area (Å²) in [6.45, 7) is 3.18. The summed E-state index contributed by atoms with van der Waals surface area (Å²) in [5.74, 6) is 0.494. The number of rotatable bonds is 7. The first-order valence-corrected chi connectivity index (χ1v) is 7.85. The van der Waals surface area contributed by atoms with E-state index in [2.05, 4.69) is 5.32 Å². The topological polar surface area (TPSA) is 67.9 Å². The lowest BCUT2D eigenvalue weighted by Gasteiger charge is -2.23. The molecule has 1 aromatic rings. The Morgan fingerprint density at radius 1 is 1.35 bits per heavy atom. The molecule has 126 valence electrons. The van der Waals surface area contributed by atoms with E-state index < -0.39 is 0 Å². The minimum absolute atomic E-state index is 0.0493. The molecule has 23 heavy (non-hydrogen) atoms. The maximum atomic E-state index is 12.1. The van der Waals surface area contributed by atoms with E-state index in [9.17, 15) is 9.59 Å². The molecule has 0 aliphatic carbocycles. The largest absolute Gasteiger partial charge is 0.497 e. The van der Waals surface area contributed by atoms with Gasteiger partial charge in [-0.25, -0.2) is 0 Å². The van der Waals surface area contributed by atoms with Gasteiger partial charge in [0.05, 0.1) is 19.8 Å². The van der Waals surface area contributed by atoms with Crippen LogP contribution in [0.1, 0.15) is 25.3 Å². The summed E-state index contributed by atoms with van der Waals surface area (Å²) in [7, 11) is 1.61. The zero-order valence-electron chi connectivity index (χ0n) is 13.7. The van der Waals surface area contributed by atoms with Gasteiger partial charge in [0.15, 0.2) is 0 Å². The zero-order valence-corrected chi connectivity index (χ0v) is 13.7. The highest BCUT2D eigenvalue weighted by molar-refractivity contribution is 5.83. The molecule has 1 unspecified atom stereocenters. The van der Waals surface area contributed by atoms with E-state index in [1.54, 1.807) is 12.0 Å². The number of amides is 2. The van der Waals surface area contributed by atoms with E-state index in [1.165, 1.54) is 6.92 Å². The van der Waals surface area contributed by atoms with Gasteiger partial charge in [0.2, 0.25) is 11.8 Å². The van der Waals surface area contributed by atoms with Crippen molar-refractivity contribution in [3.05, 3.63) is 29.8 Å². The highest BCUT2D eigenvalue weighted by atomic mass is 16.5. The monoisotopic (exact) mass is 320 g/mol. The van der Waals surface area contributed by atoms with Crippen molar-refractivity contribution in [1.82, 2.24) is 10.2 Å². The number of carbonyl (C=O) groups excluding carboxylic acids is 2. The van der Waals surface area contributed by atoms with Gasteiger partial charge in [-0.2, -0.15) is 0 Å². The van der Waals surface area contributed by atoms with Crippen LogP contribution in [0.3, 0.4) is 0 Å². The van der Waals surface area contributed by atoms with Crippen LogP contribution >= 0.6 is 0 Å². The third-order valence-electron chi connectivity index (χ3n) is 3.88. The second-order valence-electron chi connectivity index (χ2n) is 5.66. The van der Waals surface area contributed by atoms with Crippen LogP contribution in [0.2, 0.25) is 0 Å². The third-order valence-corrected chi connectivity index (χ3v) is 3.88. The van der Waals surface area contributed by atoms with Crippen molar-refractivity contribution in [2.45, 2.75) is 32.4 Å². The van der Waals surface area contributed by atoms with Crippen molar-refractivity contribution >= 4 is 11.8 Å². The molecule has 1 aliphatic heterocycles. The summed E-state index contributed by atoms with van der Waals surface area (Å²) < 4.78 is 10.6. The Balaban J connectivity index is 1.79. The number of hydrogen-bond acceptors (Lipinski definition) is 4. The minimum atomic E-state index is -0.172. The SMILES string of the molecule is COc1ccc(CNC(=O)CN(CC2CCCO2)C(C)=O)cc1. The lowest BCUT2D eigenvalue weighted by atomic mass is 10.2. The van der Waals surface area contributed by atoms with Crippen molar-refractivity contribution in [1.29, 1.82) is 0 Å². The van der Waals surface area contributed by atoms with Crippen LogP contribution < -0.4 is 10.1 Å². The fourth-order valence-electron chi connectivity index (χ4n) is 2.51. The third kappa shape index (κ3) is 5.56. The molecule has 1 N–H and O–H groups in total. The molecule has 1 aromatic carbocycles. The Hall–Kier alpha value is -2.08. The van der Waals surface area contributed by atoms with Crippen LogP contribution in [-0.4, -0.2) is 49.6 Å². The van der Waals surface area contributed by atoms with Crippen LogP contribution in [0.15, 0.2) is 24.3 Å². The van der Waals surface area contributed by atoms with Gasteiger partial charge in [-0.1, -0.05) is 12.1 Å². The Bertz CT molecular complexity index is 524. The number of hydrogen-bond donors (Lipinski definition) is 1. The average Bonchev–Trinajstić information content (AvgIpc) is 3.06. The molecule has 1 aliphatic rings. The van der Waals surface area contributed by atoms with Gasteiger partial charge in [-0.3, -0.25) is 9.59 Å². The Morgan fingerprint density at radius 2 is 2.09 bits per heavy atom. The number of methoxy groups -OCH3 is 1. The predicted octanol–water partition coefficient (Wildman–Crippen LogP) is 1.34. The molecule has 0 saturated carbocycles. The molecule has 0 bridgehead atoms. The van der Waals surface area contributed by atoms with Gasteiger partial charge >= 0.3 is 0 Å². The highest BCUT2D eigenvalue weighted by Crippen LogP contribution is 2.13. The lowest BCUT2D eigenvalue weighted by molar-refractivity contribution is -0.135. The van der Waals surface area contributed by atoms with Gasteiger partial charge in [-0.15, -0.1) is 0 Å². The summed E-state index contributed by atoms with van der Waals surface area (Å²) in [5, 5.41) is 2.83. The quantitative estimate of drug-likeness (QED) is 0.823. The summed E-state index contributed by atoms with van der Waals surface area (Å²) >= 11 is 0. The van der Waals surface area contributed by atoms with Crippen LogP contribution in [0, 0.1) is 0 Å². The predicted molar refractivity (Wildman–Crippen MR) is 86.1 cm³/mol. The minimum Gasteiger partial charge on any atom is -0.497 e. The van der Waals surface area contributed by atoms with Crippen LogP contribution in [0.25, 0.3) is 0 Å². The molecule has 0 aromatic heterocycles. The second kappa shape index (κ2) is 8.53. The molecule has 1 heterocycles. The highest BCUT2D eigenvalue weighted by Gasteiger charge is 2.22. The van der Waals surface area contributed by atoms with Gasteiger partial charge in [0.1, 0.15) is 5.75 Å². The maximum absolute atomic E-state index is 12.1. The molecule has 0 spiro atoms. The molecule has 0 radical (unpaired) electrons. The Labute approximate surface area is 136 Å². The molecule has 1 fully saturated rings. The standard InChI is InChI=1S/C17H24N2O4/c1-13(20)19(11-16-4-3-9-23-16)12-17(21)18-10-14-5-7-15(22-2)8-6-14/h5-8,16H,3-4,9-12H2,1-2H3,(H,18,21). The van der Waals surface area contributed by atoms with Gasteiger partial charge in [-0.05, 0) is 30.5 Å². The molecule has 1 saturated heterocycles. The number of nitrogens with one attached hydrogen (secondary N) is 1. The van der Waals surface area contributed by atoms with Crippen LogP contribution in [0.4, 0.5) is 0 Å². The fourth-order valence-corrected chi connectivity index (χ4v) is 2.51. The number of carbonyl (C=O) groups is 2. The maximum Gasteiger partial charge on any atom is 0.239 e. The molecular weight excluding hydrogens is 296 g/mol. The van der Waals surface area contributed by atoms with Crippen molar-refractivity contribution < 1.29 is 19.1 Å². The Morgan fingerprint density at radius 3 is 2.65 bits per heavy atom. The summed E-state index contributed by atoms with van der Waals surface area (Å²) in [6, 6.07) is 7.49. The van der Waals surface area contributed by atoms with Crippen LogP contribution in [0.5, 0.6) is 5.75 Å². The molecule has 6 heteroatoms. The molecular formula is C17H24N2O4. The summed E-state index contributed by atoms with van der Waals surface area (Å²) in [5.41, 5.74) is 0.979. The van der Waals surface area contributed by atoms with E-state index >= 15 is 0 Å². The van der Waals surface area contributed by atoms with Crippen molar-refractivity contribution in [2.75, 3.05) is 26.8 Å². The Kier molecular flexibility index (Phi) is 6.40. The molecule has 2 amide bonds. The van der Waals surface area contributed by atoms with Crippen molar-refractivity contribution in [2.24, 2.45) is 0 Å². The first-order chi connectivity index (χ1) is 11.1. The number of nitrogens with zero attached hydrogens (tertiary/aromatic N) is 1. The van der Waals surface area contributed by atoms with E-state index in [4.69, 9.17) is 9.47 Å². The van der Waals surface area contributed by atoms with Crippen molar-refractivity contribution in [3.8, 4) is 5.75 Å². The smallest absolute Gasteiger partial charge is 0.239 e. The van der Waals surface area contributed by atoms with E-state index in [-0.39, 0.29) is 24.5 Å². The van der Waals surface area contributed by atoms with E-state index in [0.717, 1.165) is 30.8 Å². The molecule has 1 atom stereocenters. The van der Waals surface area contributed by atoms with Gasteiger partial charge < -0.3 is 19.7 Å². The van der Waals surface area contributed by atoms with Crippen molar-refractivity contribution in [3.63, 3.8) is 0 Å².